The van der Waals surface area contributed by atoms with Gasteiger partial charge in [0, 0.05) is 28.6 Å². The van der Waals surface area contributed by atoms with Crippen LogP contribution in [0.4, 0.5) is 0 Å². The molecule has 6 rings (SSSR count). The van der Waals surface area contributed by atoms with Crippen molar-refractivity contribution in [3.05, 3.63) is 112 Å². The minimum Gasteiger partial charge on any atom is -0.505 e. The summed E-state index contributed by atoms with van der Waals surface area (Å²) in [4.78, 5) is 50.8. The van der Waals surface area contributed by atoms with Crippen LogP contribution >= 0.6 is 11.6 Å². The van der Waals surface area contributed by atoms with E-state index in [4.69, 9.17) is 30.5 Å². The number of nitrogens with one attached hydrogen (secondary N) is 1. The highest BCUT2D eigenvalue weighted by Gasteiger charge is 2.21. The van der Waals surface area contributed by atoms with Gasteiger partial charge in [0.15, 0.2) is 22.9 Å². The first-order valence-electron chi connectivity index (χ1n) is 16.4. The Labute approximate surface area is 302 Å². The number of aromatic hydroxyl groups is 2. The first kappa shape index (κ1) is 37.1. The predicted octanol–water partition coefficient (Wildman–Crippen LogP) is 8.12. The number of halogens is 1. The number of nitrogens with zero attached hydrogens (tertiary/aromatic N) is 3. The third kappa shape index (κ3) is 9.11. The number of H-pyrrole nitrogens is 1. The first-order chi connectivity index (χ1) is 25.2. The van der Waals surface area contributed by atoms with Crippen LogP contribution in [0.3, 0.4) is 0 Å². The van der Waals surface area contributed by atoms with Crippen LogP contribution in [-0.4, -0.2) is 55.3 Å². The fourth-order valence-corrected chi connectivity index (χ4v) is 5.04. The summed E-state index contributed by atoms with van der Waals surface area (Å²) in [6.45, 7) is 4.44. The number of hydrogen-bond acceptors (Lipinski definition) is 12. The molecule has 0 radical (unpaired) electrons. The zero-order valence-corrected chi connectivity index (χ0v) is 29.1. The lowest BCUT2D eigenvalue weighted by molar-refractivity contribution is 0.0480. The summed E-state index contributed by atoms with van der Waals surface area (Å²) < 4.78 is 21.5. The van der Waals surface area contributed by atoms with Crippen LogP contribution in [0.1, 0.15) is 60.5 Å². The van der Waals surface area contributed by atoms with Gasteiger partial charge in [-0.05, 0) is 73.5 Å². The van der Waals surface area contributed by atoms with E-state index in [1.165, 1.54) is 12.1 Å². The molecular formula is C38H35ClN4O9. The molecular weight excluding hydrogens is 692 g/mol. The Balaban J connectivity index is 0.000000201. The summed E-state index contributed by atoms with van der Waals surface area (Å²) in [6.07, 6.45) is 9.58. The van der Waals surface area contributed by atoms with Crippen molar-refractivity contribution < 1.29 is 38.7 Å². The molecule has 0 aliphatic rings. The number of aromatic nitrogens is 4. The quantitative estimate of drug-likeness (QED) is 0.0626. The predicted molar refractivity (Wildman–Crippen MR) is 194 cm³/mol. The van der Waals surface area contributed by atoms with E-state index in [-0.39, 0.29) is 52.0 Å². The average molecular weight is 727 g/mol. The molecule has 2 aromatic carbocycles. The van der Waals surface area contributed by atoms with Gasteiger partial charge in [-0.3, -0.25) is 14.8 Å². The molecule has 4 aromatic heterocycles. The van der Waals surface area contributed by atoms with Crippen molar-refractivity contribution in [3.63, 3.8) is 0 Å². The SMILES string of the molecule is CCCCOC(=O)c1[nH]c(=O)c2ccc(Oc3cccnc3)cc2c1O.CCCCOC(=O)c1nc(Cl)c2cc(Oc3cccnc3)ccc2c1O. The van der Waals surface area contributed by atoms with E-state index >= 15 is 0 Å². The van der Waals surface area contributed by atoms with Gasteiger partial charge in [0.05, 0.1) is 31.0 Å². The molecule has 0 amide bonds. The van der Waals surface area contributed by atoms with Crippen molar-refractivity contribution in [1.29, 1.82) is 0 Å². The van der Waals surface area contributed by atoms with Crippen molar-refractivity contribution in [3.8, 4) is 34.5 Å². The number of fused-ring (bicyclic) bond motifs is 2. The van der Waals surface area contributed by atoms with Gasteiger partial charge >= 0.3 is 11.9 Å². The molecule has 4 heterocycles. The second kappa shape index (κ2) is 17.6. The fourth-order valence-electron chi connectivity index (χ4n) is 4.79. The summed E-state index contributed by atoms with van der Waals surface area (Å²) in [5.41, 5.74) is -0.954. The summed E-state index contributed by atoms with van der Waals surface area (Å²) in [5.74, 6) is -0.101. The number of ether oxygens (including phenoxy) is 4. The van der Waals surface area contributed by atoms with Crippen LogP contribution in [0.15, 0.2) is 90.2 Å². The van der Waals surface area contributed by atoms with Gasteiger partial charge in [-0.1, -0.05) is 38.3 Å². The van der Waals surface area contributed by atoms with Gasteiger partial charge in [0.2, 0.25) is 0 Å². The molecule has 14 heteroatoms. The maximum absolute atomic E-state index is 12.2. The Hall–Kier alpha value is -6.21. The molecule has 3 N–H and O–H groups in total. The molecule has 0 bridgehead atoms. The molecule has 268 valence electrons. The molecule has 0 atom stereocenters. The Morgan fingerprint density at radius 3 is 1.83 bits per heavy atom. The normalized spacial score (nSPS) is 10.7. The number of benzene rings is 2. The summed E-state index contributed by atoms with van der Waals surface area (Å²) in [6, 6.07) is 16.5. The third-order valence-corrected chi connectivity index (χ3v) is 7.76. The van der Waals surface area contributed by atoms with Gasteiger partial charge in [-0.2, -0.15) is 0 Å². The summed E-state index contributed by atoms with van der Waals surface area (Å²) in [7, 11) is 0. The maximum Gasteiger partial charge on any atom is 0.360 e. The summed E-state index contributed by atoms with van der Waals surface area (Å²) in [5, 5.41) is 22.3. The number of esters is 2. The minimum atomic E-state index is -0.770. The number of aromatic amines is 1. The lowest BCUT2D eigenvalue weighted by Crippen LogP contribution is -2.16. The average Bonchev–Trinajstić information content (AvgIpc) is 3.15. The Kier molecular flexibility index (Phi) is 12.6. The van der Waals surface area contributed by atoms with Crippen LogP contribution in [0, 0.1) is 0 Å². The summed E-state index contributed by atoms with van der Waals surface area (Å²) >= 11 is 6.22. The van der Waals surface area contributed by atoms with E-state index in [0.29, 0.717) is 40.2 Å². The minimum absolute atomic E-state index is 0.0804. The zero-order valence-electron chi connectivity index (χ0n) is 28.3. The van der Waals surface area contributed by atoms with Gasteiger partial charge in [-0.25, -0.2) is 14.6 Å². The maximum atomic E-state index is 12.2. The number of unbranched alkanes of at least 4 members (excludes halogenated alkanes) is 2. The van der Waals surface area contributed by atoms with E-state index in [2.05, 4.69) is 19.9 Å². The first-order valence-corrected chi connectivity index (χ1v) is 16.8. The number of rotatable bonds is 12. The molecule has 52 heavy (non-hydrogen) atoms. The second-order valence-electron chi connectivity index (χ2n) is 11.3. The molecule has 6 aromatic rings. The fraction of sp³-hybridized carbons (Fsp3) is 0.211. The van der Waals surface area contributed by atoms with Crippen molar-refractivity contribution in [1.82, 2.24) is 19.9 Å². The van der Waals surface area contributed by atoms with Crippen LogP contribution in [0.25, 0.3) is 21.5 Å². The van der Waals surface area contributed by atoms with Gasteiger partial charge in [-0.15, -0.1) is 0 Å². The standard InChI is InChI=1S/C19H17ClN2O4.C19H18N2O5/c1-2-3-9-25-19(24)16-17(23)14-7-6-12(10-15(14)18(20)22-16)26-13-5-4-8-21-11-13;1-2-3-9-25-19(24)16-17(22)15-10-12(6-7-14(15)18(23)21-16)26-13-5-4-8-20-11-13/h4-8,10-11,23H,2-3,9H2,1H3;4-8,10-11,22H,2-3,9H2,1H3,(H,21,23). The van der Waals surface area contributed by atoms with Crippen molar-refractivity contribution in [2.75, 3.05) is 13.2 Å². The molecule has 0 aliphatic carbocycles. The van der Waals surface area contributed by atoms with E-state index < -0.39 is 17.5 Å². The van der Waals surface area contributed by atoms with E-state index in [1.807, 2.05) is 13.8 Å². The lowest BCUT2D eigenvalue weighted by Gasteiger charge is -2.11. The molecule has 0 fully saturated rings. The van der Waals surface area contributed by atoms with Crippen molar-refractivity contribution in [2.45, 2.75) is 39.5 Å². The Bertz CT molecular complexity index is 2230. The topological polar surface area (TPSA) is 183 Å². The van der Waals surface area contributed by atoms with E-state index in [1.54, 1.807) is 73.3 Å². The van der Waals surface area contributed by atoms with Crippen LogP contribution < -0.4 is 15.0 Å². The van der Waals surface area contributed by atoms with Gasteiger partial charge in [0.1, 0.15) is 28.2 Å². The van der Waals surface area contributed by atoms with Gasteiger partial charge < -0.3 is 34.1 Å². The highest BCUT2D eigenvalue weighted by atomic mass is 35.5. The number of carbonyl (C=O) groups is 2. The van der Waals surface area contributed by atoms with Crippen LogP contribution in [0.2, 0.25) is 5.15 Å². The molecule has 0 unspecified atom stereocenters. The molecule has 0 saturated heterocycles. The highest BCUT2D eigenvalue weighted by molar-refractivity contribution is 6.35. The zero-order chi connectivity index (χ0) is 37.0. The van der Waals surface area contributed by atoms with Crippen LogP contribution in [0.5, 0.6) is 34.5 Å². The van der Waals surface area contributed by atoms with E-state index in [0.717, 1.165) is 19.3 Å². The monoisotopic (exact) mass is 726 g/mol. The molecule has 0 saturated carbocycles. The molecule has 0 aliphatic heterocycles. The third-order valence-electron chi connectivity index (χ3n) is 7.47. The Morgan fingerprint density at radius 2 is 1.27 bits per heavy atom. The van der Waals surface area contributed by atoms with Crippen LogP contribution in [-0.2, 0) is 9.47 Å². The Morgan fingerprint density at radius 1 is 0.712 bits per heavy atom. The smallest absolute Gasteiger partial charge is 0.360 e. The highest BCUT2D eigenvalue weighted by Crippen LogP contribution is 2.36. The van der Waals surface area contributed by atoms with Crippen molar-refractivity contribution in [2.24, 2.45) is 0 Å². The number of hydrogen-bond donors (Lipinski definition) is 3. The molecule has 13 nitrogen and oxygen atoms in total. The van der Waals surface area contributed by atoms with Gasteiger partial charge in [0.25, 0.3) is 5.56 Å². The van der Waals surface area contributed by atoms with E-state index in [9.17, 15) is 24.6 Å². The lowest BCUT2D eigenvalue weighted by atomic mass is 10.1. The van der Waals surface area contributed by atoms with Crippen molar-refractivity contribution >= 4 is 45.1 Å². The molecule has 0 spiro atoms. The number of pyridine rings is 4. The second-order valence-corrected chi connectivity index (χ2v) is 11.6. The largest absolute Gasteiger partial charge is 0.505 e. The number of carbonyl (C=O) groups excluding carboxylic acids is 2.